The van der Waals surface area contributed by atoms with Crippen LogP contribution in [0.25, 0.3) is 0 Å². The third-order valence-electron chi connectivity index (χ3n) is 7.78. The summed E-state index contributed by atoms with van der Waals surface area (Å²) < 4.78 is 5.26. The van der Waals surface area contributed by atoms with Crippen LogP contribution < -0.4 is 5.32 Å². The van der Waals surface area contributed by atoms with Crippen molar-refractivity contribution in [3.8, 4) is 0 Å². The summed E-state index contributed by atoms with van der Waals surface area (Å²) in [4.78, 5) is 54.0. The molecule has 2 bridgehead atoms. The van der Waals surface area contributed by atoms with Crippen molar-refractivity contribution in [3.63, 3.8) is 0 Å². The summed E-state index contributed by atoms with van der Waals surface area (Å²) in [6, 6.07) is 15.0. The van der Waals surface area contributed by atoms with E-state index in [0.29, 0.717) is 17.9 Å². The Hall–Kier alpha value is -3.48. The molecular weight excluding hydrogens is 456 g/mol. The summed E-state index contributed by atoms with van der Waals surface area (Å²) in [5.41, 5.74) is 1.75. The van der Waals surface area contributed by atoms with Crippen LogP contribution in [0, 0.1) is 29.6 Å². The van der Waals surface area contributed by atoms with Crippen LogP contribution in [0.1, 0.15) is 49.0 Å². The van der Waals surface area contributed by atoms with Crippen LogP contribution >= 0.6 is 0 Å². The Morgan fingerprint density at radius 3 is 2.14 bits per heavy atom. The number of esters is 1. The molecule has 1 N–H and O–H groups in total. The number of rotatable bonds is 8. The Labute approximate surface area is 211 Å². The van der Waals surface area contributed by atoms with Crippen LogP contribution in [0.3, 0.4) is 0 Å². The number of likely N-dealkylation sites (tertiary alicyclic amines) is 1. The first-order valence-corrected chi connectivity index (χ1v) is 12.8. The first kappa shape index (κ1) is 24.2. The molecule has 0 radical (unpaired) electrons. The highest BCUT2D eigenvalue weighted by molar-refractivity contribution is 6.10. The van der Waals surface area contributed by atoms with E-state index >= 15 is 0 Å². The average molecular weight is 489 g/mol. The molecule has 2 aromatic carbocycles. The molecule has 3 amide bonds. The molecule has 2 saturated carbocycles. The van der Waals surface area contributed by atoms with Gasteiger partial charge in [-0.1, -0.05) is 44.2 Å². The van der Waals surface area contributed by atoms with Gasteiger partial charge in [-0.25, -0.2) is 4.79 Å². The van der Waals surface area contributed by atoms with Crippen molar-refractivity contribution in [2.75, 3.05) is 11.9 Å². The molecule has 1 aliphatic heterocycles. The van der Waals surface area contributed by atoms with Gasteiger partial charge in [0.2, 0.25) is 17.7 Å². The highest BCUT2D eigenvalue weighted by Crippen LogP contribution is 2.56. The van der Waals surface area contributed by atoms with Crippen molar-refractivity contribution < 1.29 is 23.9 Å². The summed E-state index contributed by atoms with van der Waals surface area (Å²) in [5.74, 6) is -1.04. The molecule has 2 aromatic rings. The smallest absolute Gasteiger partial charge is 0.338 e. The summed E-state index contributed by atoms with van der Waals surface area (Å²) >= 11 is 0. The van der Waals surface area contributed by atoms with Crippen LogP contribution in [-0.4, -0.2) is 41.2 Å². The second-order valence-corrected chi connectivity index (χ2v) is 10.7. The average Bonchev–Trinajstić information content (AvgIpc) is 3.56. The summed E-state index contributed by atoms with van der Waals surface area (Å²) in [7, 11) is 0. The lowest BCUT2D eigenvalue weighted by Crippen LogP contribution is -2.49. The Bertz CT molecular complexity index is 1130. The maximum absolute atomic E-state index is 13.5. The number of ether oxygens (including phenoxy) is 1. The summed E-state index contributed by atoms with van der Waals surface area (Å²) in [6.45, 7) is 4.26. The van der Waals surface area contributed by atoms with Gasteiger partial charge in [0, 0.05) is 12.1 Å². The minimum atomic E-state index is -0.937. The van der Waals surface area contributed by atoms with Gasteiger partial charge in [0.05, 0.1) is 24.0 Å². The number of fused-ring (bicyclic) bond motifs is 5. The highest BCUT2D eigenvalue weighted by atomic mass is 16.5. The molecule has 3 aliphatic rings. The first-order chi connectivity index (χ1) is 17.3. The van der Waals surface area contributed by atoms with Crippen LogP contribution in [0.4, 0.5) is 5.69 Å². The molecule has 188 valence electrons. The van der Waals surface area contributed by atoms with Crippen LogP contribution in [0.15, 0.2) is 54.6 Å². The van der Waals surface area contributed by atoms with Gasteiger partial charge in [-0.05, 0) is 66.8 Å². The minimum Gasteiger partial charge on any atom is -0.462 e. The number of carbonyl (C=O) groups excluding carboxylic acids is 4. The molecule has 7 heteroatoms. The molecule has 36 heavy (non-hydrogen) atoms. The topological polar surface area (TPSA) is 92.8 Å². The quantitative estimate of drug-likeness (QED) is 0.447. The number of hydrogen-bond acceptors (Lipinski definition) is 5. The lowest BCUT2D eigenvalue weighted by Gasteiger charge is -2.27. The van der Waals surface area contributed by atoms with Crippen LogP contribution in [0.5, 0.6) is 0 Å². The predicted octanol–water partition coefficient (Wildman–Crippen LogP) is 4.08. The molecule has 0 unspecified atom stereocenters. The summed E-state index contributed by atoms with van der Waals surface area (Å²) in [6.07, 6.45) is 3.17. The fourth-order valence-corrected chi connectivity index (χ4v) is 6.12. The maximum Gasteiger partial charge on any atom is 0.338 e. The van der Waals surface area contributed by atoms with Gasteiger partial charge in [0.25, 0.3) is 0 Å². The zero-order chi connectivity index (χ0) is 25.4. The number of nitrogens with zero attached hydrogens (tertiary/aromatic N) is 1. The predicted molar refractivity (Wildman–Crippen MR) is 134 cm³/mol. The van der Waals surface area contributed by atoms with Crippen molar-refractivity contribution in [2.24, 2.45) is 29.6 Å². The second-order valence-electron chi connectivity index (χ2n) is 10.7. The highest BCUT2D eigenvalue weighted by Gasteiger charge is 2.62. The van der Waals surface area contributed by atoms with Crippen molar-refractivity contribution in [2.45, 2.75) is 45.6 Å². The van der Waals surface area contributed by atoms with E-state index in [4.69, 9.17) is 4.74 Å². The van der Waals surface area contributed by atoms with Gasteiger partial charge in [0.1, 0.15) is 6.04 Å². The van der Waals surface area contributed by atoms with E-state index in [-0.39, 0.29) is 47.8 Å². The molecule has 1 heterocycles. The monoisotopic (exact) mass is 488 g/mol. The normalized spacial score (nSPS) is 25.2. The van der Waals surface area contributed by atoms with E-state index in [9.17, 15) is 19.2 Å². The van der Waals surface area contributed by atoms with E-state index in [2.05, 4.69) is 5.32 Å². The van der Waals surface area contributed by atoms with Gasteiger partial charge >= 0.3 is 5.97 Å². The Balaban J connectivity index is 1.35. The van der Waals surface area contributed by atoms with Gasteiger partial charge in [-0.3, -0.25) is 19.3 Å². The molecule has 0 spiro atoms. The van der Waals surface area contributed by atoms with Crippen molar-refractivity contribution in [1.82, 2.24) is 4.90 Å². The number of amides is 3. The van der Waals surface area contributed by atoms with Crippen molar-refractivity contribution in [3.05, 3.63) is 65.7 Å². The Morgan fingerprint density at radius 2 is 1.56 bits per heavy atom. The van der Waals surface area contributed by atoms with E-state index in [0.717, 1.165) is 24.8 Å². The van der Waals surface area contributed by atoms with Crippen molar-refractivity contribution >= 4 is 29.4 Å². The zero-order valence-electron chi connectivity index (χ0n) is 20.7. The second kappa shape index (κ2) is 9.88. The minimum absolute atomic E-state index is 0.198. The van der Waals surface area contributed by atoms with Gasteiger partial charge < -0.3 is 10.1 Å². The molecule has 1 saturated heterocycles. The molecule has 5 rings (SSSR count). The third kappa shape index (κ3) is 4.54. The number of hydrogen-bond donors (Lipinski definition) is 1. The van der Waals surface area contributed by atoms with E-state index in [1.807, 2.05) is 44.2 Å². The molecule has 3 fully saturated rings. The van der Waals surface area contributed by atoms with Gasteiger partial charge in [-0.2, -0.15) is 0 Å². The molecule has 0 aromatic heterocycles. The van der Waals surface area contributed by atoms with E-state index in [1.54, 1.807) is 24.3 Å². The molecule has 7 nitrogen and oxygen atoms in total. The van der Waals surface area contributed by atoms with Crippen LogP contribution in [0.2, 0.25) is 0 Å². The third-order valence-corrected chi connectivity index (χ3v) is 7.78. The maximum atomic E-state index is 13.5. The Morgan fingerprint density at radius 1 is 0.944 bits per heavy atom. The van der Waals surface area contributed by atoms with E-state index < -0.39 is 17.9 Å². The lowest BCUT2D eigenvalue weighted by atomic mass is 9.81. The zero-order valence-corrected chi connectivity index (χ0v) is 20.7. The standard InChI is InChI=1S/C29H32N2O5/c1-17(2)16-36-29(35)19-10-12-22(13-11-19)30-26(32)23(14-18-6-4-3-5-7-18)31-27(33)24-20-8-9-21(15-20)25(24)28(31)34/h3-7,10-13,17,20-21,23-25H,8-9,14-16H2,1-2H3,(H,30,32)/t20-,21+,23-,24+,25+/m1/s1. The largest absolute Gasteiger partial charge is 0.462 e. The molecular formula is C29H32N2O5. The lowest BCUT2D eigenvalue weighted by molar-refractivity contribution is -0.147. The van der Waals surface area contributed by atoms with E-state index in [1.165, 1.54) is 4.90 Å². The van der Waals surface area contributed by atoms with Gasteiger partial charge in [0.15, 0.2) is 0 Å². The Kier molecular flexibility index (Phi) is 6.65. The number of nitrogens with one attached hydrogen (secondary N) is 1. The number of benzene rings is 2. The number of anilines is 1. The number of imide groups is 1. The van der Waals surface area contributed by atoms with Crippen LogP contribution in [-0.2, 0) is 25.5 Å². The van der Waals surface area contributed by atoms with Gasteiger partial charge in [-0.15, -0.1) is 0 Å². The summed E-state index contributed by atoms with van der Waals surface area (Å²) in [5, 5.41) is 2.86. The van der Waals surface area contributed by atoms with Crippen molar-refractivity contribution in [1.29, 1.82) is 0 Å². The fourth-order valence-electron chi connectivity index (χ4n) is 6.12. The number of carbonyl (C=O) groups is 4. The first-order valence-electron chi connectivity index (χ1n) is 12.8. The fraction of sp³-hybridized carbons (Fsp3) is 0.448. The molecule has 2 aliphatic carbocycles. The SMILES string of the molecule is CC(C)COC(=O)c1ccc(NC(=O)[C@@H](Cc2ccccc2)N2C(=O)[C@H]3[C@@H]4CC[C@@H](C4)[C@@H]3C2=O)cc1. The molecule has 5 atom stereocenters.